The summed E-state index contributed by atoms with van der Waals surface area (Å²) >= 11 is 1.49. The first kappa shape index (κ1) is 20.4. The fourth-order valence-corrected chi connectivity index (χ4v) is 5.01. The number of hydrogen-bond acceptors (Lipinski definition) is 6. The van der Waals surface area contributed by atoms with Crippen LogP contribution in [0.3, 0.4) is 0 Å². The second-order valence-electron chi connectivity index (χ2n) is 6.37. The van der Waals surface area contributed by atoms with Crippen molar-refractivity contribution in [1.29, 1.82) is 0 Å². The van der Waals surface area contributed by atoms with Gasteiger partial charge in [0.1, 0.15) is 0 Å². The fraction of sp³-hybridized carbons (Fsp3) is 0.300. The van der Waals surface area contributed by atoms with Crippen LogP contribution in [-0.2, 0) is 19.6 Å². The van der Waals surface area contributed by atoms with Gasteiger partial charge in [-0.1, -0.05) is 12.5 Å². The molecule has 0 aliphatic carbocycles. The molecule has 1 aliphatic heterocycles. The summed E-state index contributed by atoms with van der Waals surface area (Å²) in [5.74, 6) is -0.995. The molecule has 1 aliphatic rings. The molecule has 1 aromatic carbocycles. The van der Waals surface area contributed by atoms with Crippen molar-refractivity contribution in [3.8, 4) is 0 Å². The third-order valence-corrected chi connectivity index (χ3v) is 7.15. The van der Waals surface area contributed by atoms with Crippen molar-refractivity contribution < 1.29 is 22.7 Å². The maximum absolute atomic E-state index is 12.6. The first-order valence-electron chi connectivity index (χ1n) is 8.98. The molecule has 148 valence electrons. The second-order valence-corrected chi connectivity index (χ2v) is 9.29. The van der Waals surface area contributed by atoms with E-state index in [1.807, 2.05) is 17.5 Å². The summed E-state index contributed by atoms with van der Waals surface area (Å²) in [6.45, 7) is 0.655. The van der Waals surface area contributed by atoms with Gasteiger partial charge in [0.15, 0.2) is 12.4 Å². The van der Waals surface area contributed by atoms with E-state index in [2.05, 4.69) is 0 Å². The van der Waals surface area contributed by atoms with Crippen molar-refractivity contribution in [2.75, 3.05) is 19.7 Å². The van der Waals surface area contributed by atoms with E-state index in [4.69, 9.17) is 4.74 Å². The molecule has 1 aromatic heterocycles. The monoisotopic (exact) mass is 419 g/mol. The smallest absolute Gasteiger partial charge is 0.331 e. The SMILES string of the molecule is O=C(/C=C/c1cccs1)OCC(=O)c1ccc(S(=O)(=O)N2CCCCC2)cc1. The molecule has 0 unspecified atom stereocenters. The third-order valence-electron chi connectivity index (χ3n) is 4.40. The molecule has 8 heteroatoms. The molecule has 1 saturated heterocycles. The molecule has 1 fully saturated rings. The van der Waals surface area contributed by atoms with Gasteiger partial charge in [0.05, 0.1) is 4.90 Å². The maximum Gasteiger partial charge on any atom is 0.331 e. The van der Waals surface area contributed by atoms with Crippen molar-refractivity contribution >= 4 is 39.2 Å². The highest BCUT2D eigenvalue weighted by molar-refractivity contribution is 7.89. The van der Waals surface area contributed by atoms with Crippen molar-refractivity contribution in [3.63, 3.8) is 0 Å². The summed E-state index contributed by atoms with van der Waals surface area (Å²) in [5.41, 5.74) is 0.299. The maximum atomic E-state index is 12.6. The lowest BCUT2D eigenvalue weighted by Crippen LogP contribution is -2.35. The Morgan fingerprint density at radius 2 is 1.79 bits per heavy atom. The summed E-state index contributed by atoms with van der Waals surface area (Å²) in [4.78, 5) is 25.0. The average molecular weight is 420 g/mol. The highest BCUT2D eigenvalue weighted by atomic mass is 32.2. The topological polar surface area (TPSA) is 80.8 Å². The zero-order chi connectivity index (χ0) is 20.0. The third kappa shape index (κ3) is 5.15. The summed E-state index contributed by atoms with van der Waals surface area (Å²) in [6.07, 6.45) is 5.66. The lowest BCUT2D eigenvalue weighted by Gasteiger charge is -2.25. The molecule has 6 nitrogen and oxygen atoms in total. The van der Waals surface area contributed by atoms with E-state index >= 15 is 0 Å². The van der Waals surface area contributed by atoms with Crippen molar-refractivity contribution in [2.45, 2.75) is 24.2 Å². The number of thiophene rings is 1. The van der Waals surface area contributed by atoms with Crippen LogP contribution in [0.15, 0.2) is 52.7 Å². The molecule has 0 atom stereocenters. The van der Waals surface area contributed by atoms with E-state index in [0.29, 0.717) is 18.7 Å². The highest BCUT2D eigenvalue weighted by Gasteiger charge is 2.25. The molecule has 0 saturated carbocycles. The van der Waals surface area contributed by atoms with Crippen molar-refractivity contribution in [2.24, 2.45) is 0 Å². The number of sulfonamides is 1. The molecule has 0 amide bonds. The quantitative estimate of drug-likeness (QED) is 0.391. The van der Waals surface area contributed by atoms with Gasteiger partial charge in [0, 0.05) is 29.6 Å². The molecule has 2 aromatic rings. The van der Waals surface area contributed by atoms with Gasteiger partial charge in [0.25, 0.3) is 0 Å². The van der Waals surface area contributed by atoms with E-state index < -0.39 is 22.6 Å². The second kappa shape index (κ2) is 9.27. The number of benzene rings is 1. The van der Waals surface area contributed by atoms with Crippen molar-refractivity contribution in [1.82, 2.24) is 4.31 Å². The van der Waals surface area contributed by atoms with Gasteiger partial charge in [-0.15, -0.1) is 11.3 Å². The normalized spacial score (nSPS) is 15.6. The summed E-state index contributed by atoms with van der Waals surface area (Å²) in [5, 5.41) is 1.89. The van der Waals surface area contributed by atoms with Crippen LogP contribution in [-0.4, -0.2) is 44.2 Å². The zero-order valence-corrected chi connectivity index (χ0v) is 16.9. The van der Waals surface area contributed by atoms with Crippen LogP contribution in [0.4, 0.5) is 0 Å². The van der Waals surface area contributed by atoms with Crippen LogP contribution in [0.1, 0.15) is 34.5 Å². The minimum Gasteiger partial charge on any atom is -0.454 e. The highest BCUT2D eigenvalue weighted by Crippen LogP contribution is 2.21. The molecule has 0 bridgehead atoms. The first-order valence-corrected chi connectivity index (χ1v) is 11.3. The first-order chi connectivity index (χ1) is 13.5. The number of ether oxygens (including phenoxy) is 1. The Bertz CT molecular complexity index is 941. The number of carbonyl (C=O) groups is 2. The fourth-order valence-electron chi connectivity index (χ4n) is 2.87. The molecular weight excluding hydrogens is 398 g/mol. The minimum atomic E-state index is -3.53. The van der Waals surface area contributed by atoms with Gasteiger partial charge in [-0.2, -0.15) is 4.31 Å². The minimum absolute atomic E-state index is 0.168. The van der Waals surface area contributed by atoms with E-state index in [-0.39, 0.29) is 10.7 Å². The van der Waals surface area contributed by atoms with E-state index in [9.17, 15) is 18.0 Å². The predicted octanol–water partition coefficient (Wildman–Crippen LogP) is 3.36. The molecule has 3 rings (SSSR count). The summed E-state index contributed by atoms with van der Waals surface area (Å²) in [7, 11) is -3.53. The number of rotatable bonds is 7. The number of Topliss-reactive ketones (excluding diaryl/α,β-unsaturated/α-hetero) is 1. The Kier molecular flexibility index (Phi) is 6.77. The van der Waals surface area contributed by atoms with Gasteiger partial charge in [-0.3, -0.25) is 4.79 Å². The number of piperidine rings is 1. The van der Waals surface area contributed by atoms with Crippen LogP contribution in [0.25, 0.3) is 6.08 Å². The van der Waals surface area contributed by atoms with Gasteiger partial charge in [-0.25, -0.2) is 13.2 Å². The van der Waals surface area contributed by atoms with Gasteiger partial charge in [-0.05, 0) is 54.6 Å². The molecule has 28 heavy (non-hydrogen) atoms. The van der Waals surface area contributed by atoms with Gasteiger partial charge >= 0.3 is 5.97 Å². The number of esters is 1. The molecule has 2 heterocycles. The lowest BCUT2D eigenvalue weighted by atomic mass is 10.1. The average Bonchev–Trinajstić information content (AvgIpc) is 3.25. The van der Waals surface area contributed by atoms with Gasteiger partial charge in [0.2, 0.25) is 10.0 Å². The van der Waals surface area contributed by atoms with E-state index in [1.54, 1.807) is 6.08 Å². The zero-order valence-electron chi connectivity index (χ0n) is 15.2. The molecular formula is C20H21NO5S2. The van der Waals surface area contributed by atoms with E-state index in [1.165, 1.54) is 46.0 Å². The Morgan fingerprint density at radius 3 is 2.43 bits per heavy atom. The van der Waals surface area contributed by atoms with Crippen LogP contribution < -0.4 is 0 Å². The number of ketones is 1. The molecule has 0 N–H and O–H groups in total. The van der Waals surface area contributed by atoms with Gasteiger partial charge < -0.3 is 4.74 Å². The van der Waals surface area contributed by atoms with Crippen LogP contribution in [0.2, 0.25) is 0 Å². The Morgan fingerprint density at radius 1 is 1.07 bits per heavy atom. The standard InChI is InChI=1S/C20H21NO5S2/c22-19(15-26-20(23)11-8-17-5-4-14-27-17)16-6-9-18(10-7-16)28(24,25)21-12-2-1-3-13-21/h4-11,14H,1-3,12-13,15H2/b11-8+. The Hall–Kier alpha value is -2.29. The summed E-state index contributed by atoms with van der Waals surface area (Å²) < 4.78 is 31.7. The largest absolute Gasteiger partial charge is 0.454 e. The van der Waals surface area contributed by atoms with Crippen LogP contribution in [0.5, 0.6) is 0 Å². The Labute approximate surface area is 168 Å². The molecule has 0 spiro atoms. The lowest BCUT2D eigenvalue weighted by molar-refractivity contribution is -0.136. The van der Waals surface area contributed by atoms with Crippen LogP contribution in [0, 0.1) is 0 Å². The number of nitrogens with zero attached hydrogens (tertiary/aromatic N) is 1. The molecule has 0 radical (unpaired) electrons. The van der Waals surface area contributed by atoms with E-state index in [0.717, 1.165) is 24.1 Å². The summed E-state index contributed by atoms with van der Waals surface area (Å²) in [6, 6.07) is 9.49. The number of carbonyl (C=O) groups excluding carboxylic acids is 2. The number of hydrogen-bond donors (Lipinski definition) is 0. The van der Waals surface area contributed by atoms with Crippen LogP contribution >= 0.6 is 11.3 Å². The predicted molar refractivity (Wildman–Crippen MR) is 108 cm³/mol. The van der Waals surface area contributed by atoms with Crippen molar-refractivity contribution in [3.05, 3.63) is 58.3 Å². The Balaban J connectivity index is 1.56.